The maximum atomic E-state index is 11.5. The quantitative estimate of drug-likeness (QED) is 0.567. The third-order valence-electron chi connectivity index (χ3n) is 4.65. The summed E-state index contributed by atoms with van der Waals surface area (Å²) in [5.74, 6) is 0.534. The number of primary amides is 1. The van der Waals surface area contributed by atoms with Crippen LogP contribution in [0, 0.1) is 0 Å². The Bertz CT molecular complexity index is 932. The van der Waals surface area contributed by atoms with Crippen molar-refractivity contribution in [1.29, 1.82) is 0 Å². The molecule has 5 N–H and O–H groups in total. The molecule has 1 fully saturated rings. The summed E-state index contributed by atoms with van der Waals surface area (Å²) in [6.45, 7) is 0. The van der Waals surface area contributed by atoms with E-state index in [4.69, 9.17) is 5.73 Å². The molecule has 1 aromatic carbocycles. The molecule has 134 valence electrons. The molecule has 0 aliphatic heterocycles. The van der Waals surface area contributed by atoms with Gasteiger partial charge >= 0.3 is 0 Å². The molecule has 0 unspecified atom stereocenters. The number of amides is 1. The van der Waals surface area contributed by atoms with Crippen molar-refractivity contribution in [2.45, 2.75) is 37.8 Å². The summed E-state index contributed by atoms with van der Waals surface area (Å²) in [6, 6.07) is 9.79. The second-order valence-corrected chi connectivity index (χ2v) is 6.56. The van der Waals surface area contributed by atoms with E-state index in [9.17, 15) is 9.90 Å². The normalized spacial score (nSPS) is 20.2. The number of hydrogen-bond acceptors (Lipinski definition) is 6. The van der Waals surface area contributed by atoms with Crippen molar-refractivity contribution in [2.24, 2.45) is 5.73 Å². The minimum Gasteiger partial charge on any atom is -0.393 e. The average molecular weight is 352 g/mol. The first-order valence-electron chi connectivity index (χ1n) is 8.67. The van der Waals surface area contributed by atoms with Gasteiger partial charge in [-0.2, -0.15) is 0 Å². The standard InChI is InChI=1S/C18H20N6O2/c19-14(26)18-21-13-16(20-11-6-8-12(25)9-7-11)22-15(23-17(13)24-18)10-4-2-1-3-5-10/h1-5,11-12,25H,6-9H2,(H2,19,26)(H2,20,21,22,23,24). The van der Waals surface area contributed by atoms with Gasteiger partial charge in [0.15, 0.2) is 23.1 Å². The van der Waals surface area contributed by atoms with Crippen LogP contribution in [0.4, 0.5) is 5.82 Å². The van der Waals surface area contributed by atoms with Gasteiger partial charge in [-0.1, -0.05) is 30.3 Å². The smallest absolute Gasteiger partial charge is 0.284 e. The Morgan fingerprint density at radius 3 is 2.54 bits per heavy atom. The van der Waals surface area contributed by atoms with E-state index in [2.05, 4.69) is 25.3 Å². The number of nitrogens with zero attached hydrogens (tertiary/aromatic N) is 3. The molecular weight excluding hydrogens is 332 g/mol. The first-order valence-corrected chi connectivity index (χ1v) is 8.67. The fourth-order valence-electron chi connectivity index (χ4n) is 3.25. The van der Waals surface area contributed by atoms with Gasteiger partial charge in [0.05, 0.1) is 6.10 Å². The first kappa shape index (κ1) is 16.5. The van der Waals surface area contributed by atoms with E-state index in [0.29, 0.717) is 22.8 Å². The van der Waals surface area contributed by atoms with E-state index in [0.717, 1.165) is 31.2 Å². The lowest BCUT2D eigenvalue weighted by Gasteiger charge is -2.26. The van der Waals surface area contributed by atoms with E-state index < -0.39 is 5.91 Å². The zero-order chi connectivity index (χ0) is 18.1. The molecule has 8 heteroatoms. The summed E-state index contributed by atoms with van der Waals surface area (Å²) >= 11 is 0. The molecule has 0 atom stereocenters. The second-order valence-electron chi connectivity index (χ2n) is 6.56. The lowest BCUT2D eigenvalue weighted by atomic mass is 9.93. The van der Waals surface area contributed by atoms with Crippen molar-refractivity contribution in [3.8, 4) is 11.4 Å². The van der Waals surface area contributed by atoms with E-state index in [-0.39, 0.29) is 18.0 Å². The third kappa shape index (κ3) is 3.23. The van der Waals surface area contributed by atoms with Gasteiger partial charge < -0.3 is 21.1 Å². The topological polar surface area (TPSA) is 130 Å². The molecular formula is C18H20N6O2. The molecule has 1 saturated carbocycles. The van der Waals surface area contributed by atoms with Gasteiger partial charge in [0.25, 0.3) is 5.91 Å². The van der Waals surface area contributed by atoms with Gasteiger partial charge in [0.1, 0.15) is 5.52 Å². The number of aliphatic hydroxyl groups excluding tert-OH is 1. The van der Waals surface area contributed by atoms with Crippen LogP contribution in [0.3, 0.4) is 0 Å². The van der Waals surface area contributed by atoms with Gasteiger partial charge in [-0.3, -0.25) is 4.79 Å². The fourth-order valence-corrected chi connectivity index (χ4v) is 3.25. The largest absolute Gasteiger partial charge is 0.393 e. The van der Waals surface area contributed by atoms with E-state index in [1.54, 1.807) is 0 Å². The Hall–Kier alpha value is -3.00. The van der Waals surface area contributed by atoms with Crippen LogP contribution in [0.15, 0.2) is 30.3 Å². The number of H-pyrrole nitrogens is 1. The predicted molar refractivity (Wildman–Crippen MR) is 97.5 cm³/mol. The Morgan fingerprint density at radius 1 is 1.12 bits per heavy atom. The molecule has 0 spiro atoms. The predicted octanol–water partition coefficient (Wildman–Crippen LogP) is 1.83. The number of aliphatic hydroxyl groups is 1. The molecule has 0 radical (unpaired) electrons. The van der Waals surface area contributed by atoms with Crippen molar-refractivity contribution >= 4 is 22.9 Å². The molecule has 26 heavy (non-hydrogen) atoms. The SMILES string of the molecule is NC(=O)c1nc2nc(-c3ccccc3)nc(NC3CCC(O)CC3)c2[nH]1. The van der Waals surface area contributed by atoms with Crippen LogP contribution in [0.5, 0.6) is 0 Å². The number of benzene rings is 1. The average Bonchev–Trinajstić information content (AvgIpc) is 3.09. The Balaban J connectivity index is 1.76. The van der Waals surface area contributed by atoms with Crippen LogP contribution in [-0.2, 0) is 0 Å². The summed E-state index contributed by atoms with van der Waals surface area (Å²) in [6.07, 6.45) is 2.99. The number of imidazole rings is 1. The van der Waals surface area contributed by atoms with Gasteiger partial charge in [0.2, 0.25) is 0 Å². The lowest BCUT2D eigenvalue weighted by molar-refractivity contribution is 0.0991. The van der Waals surface area contributed by atoms with Crippen LogP contribution < -0.4 is 11.1 Å². The zero-order valence-corrected chi connectivity index (χ0v) is 14.1. The summed E-state index contributed by atoms with van der Waals surface area (Å²) in [4.78, 5) is 27.7. The van der Waals surface area contributed by atoms with Gasteiger partial charge in [-0.25, -0.2) is 15.0 Å². The minimum absolute atomic E-state index is 0.0571. The van der Waals surface area contributed by atoms with E-state index >= 15 is 0 Å². The maximum absolute atomic E-state index is 11.5. The summed E-state index contributed by atoms with van der Waals surface area (Å²) in [5.41, 5.74) is 7.16. The van der Waals surface area contributed by atoms with Gasteiger partial charge in [0, 0.05) is 11.6 Å². The summed E-state index contributed by atoms with van der Waals surface area (Å²) < 4.78 is 0. The molecule has 4 rings (SSSR count). The molecule has 1 aliphatic carbocycles. The molecule has 1 aliphatic rings. The third-order valence-corrected chi connectivity index (χ3v) is 4.65. The van der Waals surface area contributed by atoms with Crippen LogP contribution in [0.25, 0.3) is 22.6 Å². The number of carbonyl (C=O) groups excluding carboxylic acids is 1. The Morgan fingerprint density at radius 2 is 1.85 bits per heavy atom. The van der Waals surface area contributed by atoms with Crippen molar-refractivity contribution in [3.05, 3.63) is 36.2 Å². The van der Waals surface area contributed by atoms with Crippen LogP contribution in [0.2, 0.25) is 0 Å². The van der Waals surface area contributed by atoms with Crippen molar-refractivity contribution in [3.63, 3.8) is 0 Å². The number of nitrogens with two attached hydrogens (primary N) is 1. The zero-order valence-electron chi connectivity index (χ0n) is 14.1. The highest BCUT2D eigenvalue weighted by atomic mass is 16.3. The van der Waals surface area contributed by atoms with Crippen molar-refractivity contribution < 1.29 is 9.90 Å². The molecule has 2 aromatic heterocycles. The van der Waals surface area contributed by atoms with Gasteiger partial charge in [-0.05, 0) is 25.7 Å². The molecule has 0 saturated heterocycles. The highest BCUT2D eigenvalue weighted by Crippen LogP contribution is 2.27. The molecule has 2 heterocycles. The maximum Gasteiger partial charge on any atom is 0.284 e. The number of aromatic amines is 1. The highest BCUT2D eigenvalue weighted by Gasteiger charge is 2.22. The fraction of sp³-hybridized carbons (Fsp3) is 0.333. The van der Waals surface area contributed by atoms with Gasteiger partial charge in [-0.15, -0.1) is 0 Å². The molecule has 1 amide bonds. The number of nitrogens with one attached hydrogen (secondary N) is 2. The number of fused-ring (bicyclic) bond motifs is 1. The van der Waals surface area contributed by atoms with E-state index in [1.165, 1.54) is 0 Å². The highest BCUT2D eigenvalue weighted by molar-refractivity contribution is 5.95. The van der Waals surface area contributed by atoms with Crippen molar-refractivity contribution in [2.75, 3.05) is 5.32 Å². The Labute approximate surface area is 149 Å². The van der Waals surface area contributed by atoms with Crippen LogP contribution in [0.1, 0.15) is 36.3 Å². The van der Waals surface area contributed by atoms with Crippen molar-refractivity contribution in [1.82, 2.24) is 19.9 Å². The lowest BCUT2D eigenvalue weighted by Crippen LogP contribution is -2.28. The monoisotopic (exact) mass is 352 g/mol. The second kappa shape index (κ2) is 6.72. The summed E-state index contributed by atoms with van der Waals surface area (Å²) in [7, 11) is 0. The summed E-state index contributed by atoms with van der Waals surface area (Å²) in [5, 5.41) is 13.1. The number of anilines is 1. The number of carbonyl (C=O) groups is 1. The first-order chi connectivity index (χ1) is 12.6. The number of rotatable bonds is 4. The van der Waals surface area contributed by atoms with Crippen LogP contribution in [-0.4, -0.2) is 43.1 Å². The number of aromatic nitrogens is 4. The van der Waals surface area contributed by atoms with E-state index in [1.807, 2.05) is 30.3 Å². The minimum atomic E-state index is -0.643. The van der Waals surface area contributed by atoms with Crippen LogP contribution >= 0.6 is 0 Å². The molecule has 8 nitrogen and oxygen atoms in total. The Kier molecular flexibility index (Phi) is 4.26. The number of hydrogen-bond donors (Lipinski definition) is 4. The molecule has 0 bridgehead atoms. The molecule has 3 aromatic rings.